The third-order valence-electron chi connectivity index (χ3n) is 5.05. The van der Waals surface area contributed by atoms with Gasteiger partial charge in [0.15, 0.2) is 17.3 Å². The highest BCUT2D eigenvalue weighted by Gasteiger charge is 2.24. The highest BCUT2D eigenvalue weighted by Crippen LogP contribution is 2.35. The summed E-state index contributed by atoms with van der Waals surface area (Å²) in [6, 6.07) is 9.66. The lowest BCUT2D eigenvalue weighted by Gasteiger charge is -2.34. The van der Waals surface area contributed by atoms with E-state index in [9.17, 15) is 4.79 Å². The van der Waals surface area contributed by atoms with Crippen molar-refractivity contribution in [3.8, 4) is 22.8 Å². The van der Waals surface area contributed by atoms with E-state index in [0.29, 0.717) is 31.9 Å². The van der Waals surface area contributed by atoms with Crippen LogP contribution in [0.1, 0.15) is 15.5 Å². The SMILES string of the molecule is Cc1nc(C(=O)N2CCN(c3ccc(-c4ccc5c(c4)OCO5)nn3)CC2)cs1. The molecular weight excluding hydrogens is 390 g/mol. The number of aryl methyl sites for hydroxylation is 1. The monoisotopic (exact) mass is 409 g/mol. The summed E-state index contributed by atoms with van der Waals surface area (Å²) in [6.07, 6.45) is 0. The Morgan fingerprint density at radius 1 is 1.03 bits per heavy atom. The molecule has 0 spiro atoms. The molecule has 2 aliphatic heterocycles. The molecule has 8 nitrogen and oxygen atoms in total. The Morgan fingerprint density at radius 2 is 1.86 bits per heavy atom. The van der Waals surface area contributed by atoms with Crippen molar-refractivity contribution in [3.63, 3.8) is 0 Å². The molecule has 3 aromatic rings. The largest absolute Gasteiger partial charge is 0.454 e. The topological polar surface area (TPSA) is 80.7 Å². The summed E-state index contributed by atoms with van der Waals surface area (Å²) in [5.74, 6) is 2.28. The van der Waals surface area contributed by atoms with E-state index in [2.05, 4.69) is 20.1 Å². The van der Waals surface area contributed by atoms with Gasteiger partial charge in [-0.05, 0) is 37.3 Å². The van der Waals surface area contributed by atoms with Crippen molar-refractivity contribution in [2.75, 3.05) is 37.9 Å². The molecule has 0 bridgehead atoms. The van der Waals surface area contributed by atoms with Crippen LogP contribution in [0.5, 0.6) is 11.5 Å². The van der Waals surface area contributed by atoms with Gasteiger partial charge in [-0.25, -0.2) is 4.98 Å². The van der Waals surface area contributed by atoms with Gasteiger partial charge in [0.2, 0.25) is 6.79 Å². The van der Waals surface area contributed by atoms with Gasteiger partial charge in [-0.15, -0.1) is 21.5 Å². The van der Waals surface area contributed by atoms with E-state index < -0.39 is 0 Å². The van der Waals surface area contributed by atoms with E-state index in [-0.39, 0.29) is 12.7 Å². The first-order chi connectivity index (χ1) is 14.2. The number of nitrogens with zero attached hydrogens (tertiary/aromatic N) is 5. The van der Waals surface area contributed by atoms with Crippen molar-refractivity contribution in [1.29, 1.82) is 0 Å². The molecule has 0 unspecified atom stereocenters. The number of ether oxygens (including phenoxy) is 2. The van der Waals surface area contributed by atoms with Crippen LogP contribution in [0.2, 0.25) is 0 Å². The Hall–Kier alpha value is -3.20. The highest BCUT2D eigenvalue weighted by molar-refractivity contribution is 7.09. The number of rotatable bonds is 3. The minimum absolute atomic E-state index is 0.00163. The number of amides is 1. The second kappa shape index (κ2) is 7.32. The lowest BCUT2D eigenvalue weighted by Crippen LogP contribution is -2.49. The van der Waals surface area contributed by atoms with Crippen LogP contribution in [-0.2, 0) is 0 Å². The zero-order chi connectivity index (χ0) is 19.8. The zero-order valence-corrected chi connectivity index (χ0v) is 16.7. The van der Waals surface area contributed by atoms with E-state index >= 15 is 0 Å². The maximum absolute atomic E-state index is 12.5. The van der Waals surface area contributed by atoms with Crippen molar-refractivity contribution < 1.29 is 14.3 Å². The van der Waals surface area contributed by atoms with E-state index in [1.807, 2.05) is 47.5 Å². The summed E-state index contributed by atoms with van der Waals surface area (Å²) >= 11 is 1.50. The minimum Gasteiger partial charge on any atom is -0.454 e. The van der Waals surface area contributed by atoms with Gasteiger partial charge in [0.25, 0.3) is 5.91 Å². The number of anilines is 1. The van der Waals surface area contributed by atoms with Gasteiger partial charge in [-0.1, -0.05) is 0 Å². The molecule has 1 fully saturated rings. The average Bonchev–Trinajstić information content (AvgIpc) is 3.42. The first-order valence-corrected chi connectivity index (χ1v) is 10.3. The first-order valence-electron chi connectivity index (χ1n) is 9.37. The first kappa shape index (κ1) is 17.9. The van der Waals surface area contributed by atoms with Crippen molar-refractivity contribution in [2.45, 2.75) is 6.92 Å². The molecule has 0 radical (unpaired) electrons. The van der Waals surface area contributed by atoms with Crippen LogP contribution >= 0.6 is 11.3 Å². The Bertz CT molecular complexity index is 1040. The molecule has 2 aliphatic rings. The van der Waals surface area contributed by atoms with Crippen LogP contribution in [0, 0.1) is 6.92 Å². The highest BCUT2D eigenvalue weighted by atomic mass is 32.1. The van der Waals surface area contributed by atoms with Crippen molar-refractivity contribution in [1.82, 2.24) is 20.1 Å². The minimum atomic E-state index is -0.00163. The second-order valence-electron chi connectivity index (χ2n) is 6.88. The number of thiazole rings is 1. The fraction of sp³-hybridized carbons (Fsp3) is 0.300. The molecule has 1 amide bonds. The third-order valence-corrected chi connectivity index (χ3v) is 5.82. The number of fused-ring (bicyclic) bond motifs is 1. The summed E-state index contributed by atoms with van der Waals surface area (Å²) in [5.41, 5.74) is 2.25. The van der Waals surface area contributed by atoms with Crippen LogP contribution in [-0.4, -0.2) is 59.0 Å². The van der Waals surface area contributed by atoms with E-state index in [1.54, 1.807) is 0 Å². The van der Waals surface area contributed by atoms with Crippen LogP contribution in [0.15, 0.2) is 35.7 Å². The smallest absolute Gasteiger partial charge is 0.273 e. The number of piperazine rings is 1. The van der Waals surface area contributed by atoms with Crippen molar-refractivity contribution in [2.24, 2.45) is 0 Å². The van der Waals surface area contributed by atoms with Gasteiger partial charge in [-0.2, -0.15) is 0 Å². The Kier molecular flexibility index (Phi) is 4.51. The zero-order valence-electron chi connectivity index (χ0n) is 15.9. The van der Waals surface area contributed by atoms with Gasteiger partial charge in [0.1, 0.15) is 5.69 Å². The summed E-state index contributed by atoms with van der Waals surface area (Å²) in [7, 11) is 0. The summed E-state index contributed by atoms with van der Waals surface area (Å²) < 4.78 is 10.8. The number of aromatic nitrogens is 3. The number of carbonyl (C=O) groups excluding carboxylic acids is 1. The van der Waals surface area contributed by atoms with Crippen LogP contribution < -0.4 is 14.4 Å². The normalized spacial score (nSPS) is 15.6. The van der Waals surface area contributed by atoms with E-state index in [4.69, 9.17) is 9.47 Å². The Morgan fingerprint density at radius 3 is 2.59 bits per heavy atom. The maximum atomic E-state index is 12.5. The third kappa shape index (κ3) is 3.49. The molecule has 29 heavy (non-hydrogen) atoms. The number of hydrogen-bond donors (Lipinski definition) is 0. The molecule has 1 aromatic carbocycles. The second-order valence-corrected chi connectivity index (χ2v) is 7.94. The number of carbonyl (C=O) groups is 1. The summed E-state index contributed by atoms with van der Waals surface area (Å²) in [6.45, 7) is 4.87. The van der Waals surface area contributed by atoms with E-state index in [0.717, 1.165) is 33.6 Å². The van der Waals surface area contributed by atoms with Crippen LogP contribution in [0.3, 0.4) is 0 Å². The molecular formula is C20H19N5O3S. The predicted molar refractivity (Wildman–Crippen MR) is 109 cm³/mol. The van der Waals surface area contributed by atoms with Crippen LogP contribution in [0.4, 0.5) is 5.82 Å². The van der Waals surface area contributed by atoms with Gasteiger partial charge in [-0.3, -0.25) is 4.79 Å². The Balaban J connectivity index is 1.24. The lowest BCUT2D eigenvalue weighted by atomic mass is 10.1. The molecule has 1 saturated heterocycles. The fourth-order valence-corrected chi connectivity index (χ4v) is 4.05. The molecule has 5 rings (SSSR count). The van der Waals surface area contributed by atoms with Gasteiger partial charge in [0, 0.05) is 37.1 Å². The molecule has 9 heteroatoms. The van der Waals surface area contributed by atoms with Crippen molar-refractivity contribution in [3.05, 3.63) is 46.4 Å². The molecule has 0 atom stereocenters. The summed E-state index contributed by atoms with van der Waals surface area (Å²) in [5, 5.41) is 11.5. The quantitative estimate of drug-likeness (QED) is 0.658. The molecule has 2 aromatic heterocycles. The average molecular weight is 409 g/mol. The van der Waals surface area contributed by atoms with Crippen molar-refractivity contribution >= 4 is 23.1 Å². The summed E-state index contributed by atoms with van der Waals surface area (Å²) in [4.78, 5) is 20.8. The number of hydrogen-bond acceptors (Lipinski definition) is 8. The molecule has 0 aliphatic carbocycles. The maximum Gasteiger partial charge on any atom is 0.273 e. The van der Waals surface area contributed by atoms with Gasteiger partial charge >= 0.3 is 0 Å². The van der Waals surface area contributed by atoms with Crippen LogP contribution in [0.25, 0.3) is 11.3 Å². The number of benzene rings is 1. The predicted octanol–water partition coefficient (Wildman–Crippen LogP) is 2.60. The standard InChI is InChI=1S/C20H19N5O3S/c1-13-21-16(11-29-13)20(26)25-8-6-24(7-9-25)19-5-3-15(22-23-19)14-2-4-17-18(10-14)28-12-27-17/h2-5,10-11H,6-9,12H2,1H3. The molecule has 148 valence electrons. The van der Waals surface area contributed by atoms with Gasteiger partial charge < -0.3 is 19.3 Å². The molecule has 0 N–H and O–H groups in total. The molecule has 4 heterocycles. The molecule has 0 saturated carbocycles. The lowest BCUT2D eigenvalue weighted by molar-refractivity contribution is 0.0741. The fourth-order valence-electron chi connectivity index (χ4n) is 3.47. The van der Waals surface area contributed by atoms with Gasteiger partial charge in [0.05, 0.1) is 10.7 Å². The van der Waals surface area contributed by atoms with E-state index in [1.165, 1.54) is 11.3 Å². The Labute approximate surface area is 171 Å².